The predicted molar refractivity (Wildman–Crippen MR) is 58.3 cm³/mol. The van der Waals surface area contributed by atoms with E-state index in [9.17, 15) is 0 Å². The van der Waals surface area contributed by atoms with E-state index in [-0.39, 0.29) is 0 Å². The maximum Gasteiger partial charge on any atom is 0.103 e. The topological polar surface area (TPSA) is 4.93 Å². The van der Waals surface area contributed by atoms with Crippen LogP contribution in [0.4, 0.5) is 0 Å². The van der Waals surface area contributed by atoms with Gasteiger partial charge in [-0.05, 0) is 13.8 Å². The lowest BCUT2D eigenvalue weighted by Crippen LogP contribution is -1.88. The van der Waals surface area contributed by atoms with Gasteiger partial charge in [-0.2, -0.15) is 0 Å². The van der Waals surface area contributed by atoms with Crippen LogP contribution in [0.5, 0.6) is 0 Å². The highest BCUT2D eigenvalue weighted by Gasteiger charge is 2.26. The molecule has 0 aliphatic carbocycles. The summed E-state index contributed by atoms with van der Waals surface area (Å²) in [5, 5.41) is 0. The largest absolute Gasteiger partial charge is 0.289 e. The molecule has 4 rings (SSSR count). The van der Waals surface area contributed by atoms with Crippen molar-refractivity contribution in [3.05, 3.63) is 0 Å². The smallest absolute Gasteiger partial charge is 0.103 e. The number of hydrogen-bond acceptors (Lipinski definition) is 2. The Morgan fingerprint density at radius 1 is 1.20 bits per heavy atom. The van der Waals surface area contributed by atoms with E-state index in [1.165, 1.54) is 0 Å². The molecular formula is C3H7NP4S2. The highest BCUT2D eigenvalue weighted by Crippen LogP contribution is 2.94. The van der Waals surface area contributed by atoms with Gasteiger partial charge in [0.05, 0.1) is 6.85 Å². The molecular weight excluding hydrogens is 238 g/mol. The Morgan fingerprint density at radius 3 is 2.00 bits per heavy atom. The van der Waals surface area contributed by atoms with Crippen LogP contribution in [-0.2, 0) is 0 Å². The molecule has 1 nitrogen and oxygen atoms in total. The molecule has 0 saturated heterocycles. The van der Waals surface area contributed by atoms with Gasteiger partial charge < -0.3 is 0 Å². The van der Waals surface area contributed by atoms with Gasteiger partial charge in [0.1, 0.15) is 5.86 Å². The molecule has 4 bridgehead atoms. The number of hydrogen-bond donors (Lipinski definition) is 0. The van der Waals surface area contributed by atoms with Gasteiger partial charge in [0.25, 0.3) is 0 Å². The molecule has 0 aliphatic heterocycles. The molecule has 4 heterocycles. The van der Waals surface area contributed by atoms with Crippen molar-refractivity contribution >= 4 is 45.6 Å². The van der Waals surface area contributed by atoms with Gasteiger partial charge in [-0.1, -0.05) is 21.1 Å². The Balaban J connectivity index is 2.46. The summed E-state index contributed by atoms with van der Waals surface area (Å²) in [5.74, 6) is 1.53. The zero-order valence-corrected chi connectivity index (χ0v) is 10.8. The second-order valence-corrected chi connectivity index (χ2v) is 28.2. The summed E-state index contributed by atoms with van der Waals surface area (Å²) in [6.07, 6.45) is 0. The van der Waals surface area contributed by atoms with Gasteiger partial charge in [-0.25, -0.2) is 0 Å². The van der Waals surface area contributed by atoms with Crippen molar-refractivity contribution < 1.29 is 0 Å². The highest BCUT2D eigenvalue weighted by atomic mass is 33.3. The van der Waals surface area contributed by atoms with Crippen LogP contribution >= 0.6 is 45.6 Å². The van der Waals surface area contributed by atoms with Crippen LogP contribution in [0.2, 0.25) is 0 Å². The maximum atomic E-state index is 2.87. The molecule has 2 unspecified atom stereocenters. The maximum absolute atomic E-state index is 2.87. The third-order valence-corrected chi connectivity index (χ3v) is 47.6. The van der Waals surface area contributed by atoms with Gasteiger partial charge in [0.2, 0.25) is 0 Å². The number of nitrogens with zero attached hydrogens (tertiary/aromatic N) is 1. The third-order valence-electron chi connectivity index (χ3n) is 1.52. The van der Waals surface area contributed by atoms with Gasteiger partial charge in [0, 0.05) is 17.8 Å². The molecule has 7 heteroatoms. The molecule has 4 aromatic rings. The van der Waals surface area contributed by atoms with Gasteiger partial charge in [-0.3, -0.25) is 4.09 Å². The third kappa shape index (κ3) is 0.680. The fourth-order valence-corrected chi connectivity index (χ4v) is 85.4. The molecule has 4 aromatic heterocycles. The normalized spacial score (nSPS) is 21.1. The molecule has 2 atom stereocenters. The summed E-state index contributed by atoms with van der Waals surface area (Å²) < 4.78 is 2.87. The van der Waals surface area contributed by atoms with Crippen LogP contribution in [0.15, 0.2) is 0 Å². The Kier molecular flexibility index (Phi) is 1.40. The molecule has 0 aromatic carbocycles. The van der Waals surface area contributed by atoms with Crippen LogP contribution in [0, 0.1) is 0 Å². The first kappa shape index (κ1) is 6.90. The van der Waals surface area contributed by atoms with Gasteiger partial charge in [0.15, 0.2) is 0 Å². The SMILES string of the molecule is CC(C)n1p2sp3p(s2)p13. The average molecular weight is 245 g/mol. The molecule has 56 valence electrons. The van der Waals surface area contributed by atoms with E-state index in [2.05, 4.69) is 39.0 Å². The van der Waals surface area contributed by atoms with E-state index in [4.69, 9.17) is 0 Å². The van der Waals surface area contributed by atoms with Gasteiger partial charge >= 0.3 is 0 Å². The monoisotopic (exact) mass is 245 g/mol. The first-order valence-corrected chi connectivity index (χ1v) is 14.6. The first-order valence-electron chi connectivity index (χ1n) is 3.14. The van der Waals surface area contributed by atoms with E-state index >= 15 is 0 Å². The molecule has 0 fully saturated rings. The van der Waals surface area contributed by atoms with E-state index in [0.29, 0.717) is 24.5 Å². The lowest BCUT2D eigenvalue weighted by molar-refractivity contribution is 0.698. The summed E-state index contributed by atoms with van der Waals surface area (Å²) in [4.78, 5) is 0. The van der Waals surface area contributed by atoms with E-state index < -0.39 is 0 Å². The fourth-order valence-electron chi connectivity index (χ4n) is 1.06. The van der Waals surface area contributed by atoms with Crippen molar-refractivity contribution in [2.75, 3.05) is 0 Å². The zero-order chi connectivity index (χ0) is 6.88. The molecule has 0 N–H and O–H groups in total. The lowest BCUT2D eigenvalue weighted by Gasteiger charge is -2.03. The molecule has 10 heavy (non-hydrogen) atoms. The van der Waals surface area contributed by atoms with Crippen molar-refractivity contribution in [2.45, 2.75) is 19.9 Å². The Labute approximate surface area is 69.5 Å². The second kappa shape index (κ2) is 2.02. The van der Waals surface area contributed by atoms with Crippen LogP contribution < -0.4 is 0 Å². The number of rotatable bonds is 1. The fraction of sp³-hybridized carbons (Fsp3) is 1.00. The van der Waals surface area contributed by atoms with Crippen molar-refractivity contribution in [3.8, 4) is 0 Å². The van der Waals surface area contributed by atoms with Crippen LogP contribution in [0.3, 0.4) is 0 Å². The second-order valence-electron chi connectivity index (χ2n) is 2.59. The Morgan fingerprint density at radius 2 is 1.80 bits per heavy atom. The first-order chi connectivity index (χ1) is 4.79. The van der Waals surface area contributed by atoms with E-state index in [0.717, 1.165) is 6.04 Å². The lowest BCUT2D eigenvalue weighted by atomic mass is 10.4. The summed E-state index contributed by atoms with van der Waals surface area (Å²) in [5.41, 5.74) is 0. The van der Waals surface area contributed by atoms with E-state index in [1.54, 1.807) is 0 Å². The highest BCUT2D eigenvalue weighted by molar-refractivity contribution is 8.92. The minimum atomic E-state index is 0.318. The van der Waals surface area contributed by atoms with Gasteiger partial charge in [-0.15, -0.1) is 0 Å². The molecule has 0 amide bonds. The van der Waals surface area contributed by atoms with Crippen molar-refractivity contribution in [2.24, 2.45) is 0 Å². The van der Waals surface area contributed by atoms with Crippen molar-refractivity contribution in [1.29, 1.82) is 0 Å². The minimum absolute atomic E-state index is 0.318. The van der Waals surface area contributed by atoms with Crippen LogP contribution in [-0.4, -0.2) is 4.09 Å². The predicted octanol–water partition coefficient (Wildman–Crippen LogP) is 5.64. The standard InChI is InChI=1S/C3H7NP4S2/c1-3(2)4-5-7-8(5)10-6(4)9-7/h3H,1-2H3. The van der Waals surface area contributed by atoms with Crippen LogP contribution in [0.1, 0.15) is 19.9 Å². The quantitative estimate of drug-likeness (QED) is 0.523. The summed E-state index contributed by atoms with van der Waals surface area (Å²) >= 11 is 0. The molecule has 0 radical (unpaired) electrons. The van der Waals surface area contributed by atoms with E-state index in [1.807, 2.05) is 0 Å². The van der Waals surface area contributed by atoms with Crippen LogP contribution in [0.25, 0.3) is 0 Å². The summed E-state index contributed by atoms with van der Waals surface area (Å²) in [7, 11) is 4.76. The molecule has 0 aliphatic rings. The van der Waals surface area contributed by atoms with Crippen molar-refractivity contribution in [1.82, 2.24) is 4.09 Å². The van der Waals surface area contributed by atoms with Crippen molar-refractivity contribution in [3.63, 3.8) is 0 Å². The molecule has 0 saturated carbocycles. The number of aromatic nitrogens is 1. The summed E-state index contributed by atoms with van der Waals surface area (Å²) in [6.45, 7) is 5.27. The minimum Gasteiger partial charge on any atom is -0.289 e. The average Bonchev–Trinajstić information content (AvgIpc) is 2.38. The Bertz CT molecular complexity index is 415. The summed E-state index contributed by atoms with van der Waals surface area (Å²) in [6, 6.07) is 0.861. The zero-order valence-electron chi connectivity index (χ0n) is 5.63. The molecule has 0 spiro atoms. The Hall–Kier alpha value is 1.44.